The van der Waals surface area contributed by atoms with Gasteiger partial charge in [0.1, 0.15) is 0 Å². The van der Waals surface area contributed by atoms with Crippen LogP contribution in [0.5, 0.6) is 0 Å². The van der Waals surface area contributed by atoms with E-state index in [9.17, 15) is 0 Å². The van der Waals surface area contributed by atoms with Gasteiger partial charge in [0.15, 0.2) is 0 Å². The van der Waals surface area contributed by atoms with E-state index < -0.39 is 0 Å². The maximum atomic E-state index is 5.81. The highest BCUT2D eigenvalue weighted by Gasteiger charge is 2.11. The van der Waals surface area contributed by atoms with Crippen LogP contribution in [0, 0.1) is 0 Å². The minimum absolute atomic E-state index is 0.563. The molecule has 3 aromatic carbocycles. The molecule has 0 bridgehead atoms. The number of benzene rings is 3. The van der Waals surface area contributed by atoms with Crippen molar-refractivity contribution in [2.45, 2.75) is 6.54 Å². The average Bonchev–Trinajstić information content (AvgIpc) is 2.89. The number of nitrogens with zero attached hydrogens (tertiary/aromatic N) is 1. The Morgan fingerprint density at radius 1 is 0.818 bits per heavy atom. The van der Waals surface area contributed by atoms with Crippen LogP contribution in [0.4, 0.5) is 0 Å². The fourth-order valence-electron chi connectivity index (χ4n) is 3.02. The van der Waals surface area contributed by atoms with Crippen molar-refractivity contribution in [1.82, 2.24) is 4.57 Å². The second-order valence-electron chi connectivity index (χ2n) is 5.38. The van der Waals surface area contributed by atoms with Crippen molar-refractivity contribution in [1.29, 1.82) is 0 Å². The molecular weight excluding hydrogens is 336 g/mol. The van der Waals surface area contributed by atoms with Crippen LogP contribution in [0.2, 0.25) is 0 Å². The van der Waals surface area contributed by atoms with Gasteiger partial charge in [-0.15, -0.1) is 0 Å². The van der Waals surface area contributed by atoms with Crippen molar-refractivity contribution in [3.8, 4) is 5.69 Å². The van der Waals surface area contributed by atoms with Crippen LogP contribution in [0.25, 0.3) is 27.5 Å². The Balaban J connectivity index is 2.13. The molecular formula is C19H15BrN2. The van der Waals surface area contributed by atoms with Gasteiger partial charge in [-0.25, -0.2) is 0 Å². The number of nitrogens with two attached hydrogens (primary N) is 1. The summed E-state index contributed by atoms with van der Waals surface area (Å²) in [6.45, 7) is 0.563. The fourth-order valence-corrected chi connectivity index (χ4v) is 3.28. The first-order valence-corrected chi connectivity index (χ1v) is 8.05. The van der Waals surface area contributed by atoms with Crippen molar-refractivity contribution in [2.75, 3.05) is 0 Å². The summed E-state index contributed by atoms with van der Waals surface area (Å²) in [7, 11) is 0. The summed E-state index contributed by atoms with van der Waals surface area (Å²) >= 11 is 3.50. The summed E-state index contributed by atoms with van der Waals surface area (Å²) in [5, 5.41) is 2.51. The fraction of sp³-hybridized carbons (Fsp3) is 0.0526. The lowest BCUT2D eigenvalue weighted by atomic mass is 10.1. The number of rotatable bonds is 2. The van der Waals surface area contributed by atoms with Crippen LogP contribution in [0.15, 0.2) is 71.2 Å². The standard InChI is InChI=1S/C19H15BrN2/c20-14-6-8-15(9-7-14)22-18-4-2-1-3-16(18)17-11-13(12-21)5-10-19(17)22/h1-11H,12,21H2. The molecule has 108 valence electrons. The molecule has 0 aliphatic carbocycles. The molecule has 0 radical (unpaired) electrons. The maximum absolute atomic E-state index is 5.81. The van der Waals surface area contributed by atoms with Crippen molar-refractivity contribution in [2.24, 2.45) is 5.73 Å². The molecule has 4 aromatic rings. The summed E-state index contributed by atoms with van der Waals surface area (Å²) in [4.78, 5) is 0. The molecule has 1 heterocycles. The largest absolute Gasteiger partial charge is 0.326 e. The van der Waals surface area contributed by atoms with E-state index in [-0.39, 0.29) is 0 Å². The summed E-state index contributed by atoms with van der Waals surface area (Å²) in [5.74, 6) is 0. The smallest absolute Gasteiger partial charge is 0.0541 e. The molecule has 0 spiro atoms. The van der Waals surface area contributed by atoms with Gasteiger partial charge in [-0.3, -0.25) is 0 Å². The number of para-hydroxylation sites is 1. The summed E-state index contributed by atoms with van der Waals surface area (Å²) in [6.07, 6.45) is 0. The highest BCUT2D eigenvalue weighted by Crippen LogP contribution is 2.32. The molecule has 3 heteroatoms. The zero-order valence-corrected chi connectivity index (χ0v) is 13.5. The summed E-state index contributed by atoms with van der Waals surface area (Å²) in [5.41, 5.74) is 10.6. The molecule has 4 rings (SSSR count). The van der Waals surface area contributed by atoms with Crippen molar-refractivity contribution < 1.29 is 0 Å². The van der Waals surface area contributed by atoms with Crippen LogP contribution in [0.3, 0.4) is 0 Å². The van der Waals surface area contributed by atoms with E-state index in [1.54, 1.807) is 0 Å². The minimum Gasteiger partial charge on any atom is -0.326 e. The lowest BCUT2D eigenvalue weighted by Gasteiger charge is -2.08. The van der Waals surface area contributed by atoms with E-state index >= 15 is 0 Å². The van der Waals surface area contributed by atoms with E-state index in [2.05, 4.69) is 87.2 Å². The zero-order chi connectivity index (χ0) is 15.1. The third-order valence-electron chi connectivity index (χ3n) is 4.06. The van der Waals surface area contributed by atoms with Crippen LogP contribution in [-0.2, 0) is 6.54 Å². The normalized spacial score (nSPS) is 11.4. The Labute approximate surface area is 137 Å². The van der Waals surface area contributed by atoms with E-state index in [1.807, 2.05) is 0 Å². The predicted molar refractivity (Wildman–Crippen MR) is 96.4 cm³/mol. The van der Waals surface area contributed by atoms with E-state index in [0.717, 1.165) is 15.7 Å². The SMILES string of the molecule is NCc1ccc2c(c1)c1ccccc1n2-c1ccc(Br)cc1. The van der Waals surface area contributed by atoms with Gasteiger partial charge in [-0.05, 0) is 48.0 Å². The van der Waals surface area contributed by atoms with Crippen LogP contribution in [-0.4, -0.2) is 4.57 Å². The third-order valence-corrected chi connectivity index (χ3v) is 4.59. The monoisotopic (exact) mass is 350 g/mol. The number of hydrogen-bond donors (Lipinski definition) is 1. The van der Waals surface area contributed by atoms with E-state index in [4.69, 9.17) is 5.73 Å². The first-order chi connectivity index (χ1) is 10.8. The Bertz CT molecular complexity index is 968. The van der Waals surface area contributed by atoms with Crippen LogP contribution >= 0.6 is 15.9 Å². The van der Waals surface area contributed by atoms with E-state index in [0.29, 0.717) is 6.54 Å². The Morgan fingerprint density at radius 3 is 2.32 bits per heavy atom. The molecule has 0 saturated heterocycles. The van der Waals surface area contributed by atoms with Gasteiger partial charge in [0.25, 0.3) is 0 Å². The molecule has 0 atom stereocenters. The number of fused-ring (bicyclic) bond motifs is 3. The third kappa shape index (κ3) is 2.05. The van der Waals surface area contributed by atoms with Gasteiger partial charge in [0.05, 0.1) is 11.0 Å². The summed E-state index contributed by atoms with van der Waals surface area (Å²) < 4.78 is 3.39. The lowest BCUT2D eigenvalue weighted by molar-refractivity contribution is 1.07. The van der Waals surface area contributed by atoms with Gasteiger partial charge in [-0.2, -0.15) is 0 Å². The summed E-state index contributed by atoms with van der Waals surface area (Å²) in [6, 6.07) is 23.4. The first kappa shape index (κ1) is 13.6. The number of halogens is 1. The molecule has 0 fully saturated rings. The molecule has 0 amide bonds. The highest BCUT2D eigenvalue weighted by molar-refractivity contribution is 9.10. The minimum atomic E-state index is 0.563. The van der Waals surface area contributed by atoms with Gasteiger partial charge in [0, 0.05) is 27.5 Å². The Kier molecular flexibility index (Phi) is 3.25. The first-order valence-electron chi connectivity index (χ1n) is 7.26. The molecule has 2 nitrogen and oxygen atoms in total. The molecule has 1 aromatic heterocycles. The molecule has 0 aliphatic heterocycles. The lowest BCUT2D eigenvalue weighted by Crippen LogP contribution is -1.96. The maximum Gasteiger partial charge on any atom is 0.0541 e. The number of hydrogen-bond acceptors (Lipinski definition) is 1. The van der Waals surface area contributed by atoms with Crippen LogP contribution in [0.1, 0.15) is 5.56 Å². The van der Waals surface area contributed by atoms with Crippen LogP contribution < -0.4 is 5.73 Å². The van der Waals surface area contributed by atoms with E-state index in [1.165, 1.54) is 21.8 Å². The molecule has 2 N–H and O–H groups in total. The highest BCUT2D eigenvalue weighted by atomic mass is 79.9. The van der Waals surface area contributed by atoms with Gasteiger partial charge in [-0.1, -0.05) is 40.2 Å². The van der Waals surface area contributed by atoms with Crippen molar-refractivity contribution in [3.63, 3.8) is 0 Å². The van der Waals surface area contributed by atoms with Crippen molar-refractivity contribution in [3.05, 3.63) is 76.8 Å². The second-order valence-corrected chi connectivity index (χ2v) is 6.30. The van der Waals surface area contributed by atoms with Gasteiger partial charge in [0.2, 0.25) is 0 Å². The average molecular weight is 351 g/mol. The molecule has 22 heavy (non-hydrogen) atoms. The molecule has 0 aliphatic rings. The Hall–Kier alpha value is -2.10. The quantitative estimate of drug-likeness (QED) is 0.541. The second kappa shape index (κ2) is 5.27. The topological polar surface area (TPSA) is 30.9 Å². The molecule has 0 unspecified atom stereocenters. The number of aromatic nitrogens is 1. The predicted octanol–water partition coefficient (Wildman–Crippen LogP) is 5.00. The van der Waals surface area contributed by atoms with Crippen molar-refractivity contribution >= 4 is 37.7 Å². The van der Waals surface area contributed by atoms with Gasteiger partial charge >= 0.3 is 0 Å². The zero-order valence-electron chi connectivity index (χ0n) is 12.0. The van der Waals surface area contributed by atoms with Gasteiger partial charge < -0.3 is 10.3 Å². The Morgan fingerprint density at radius 2 is 1.55 bits per heavy atom. The molecule has 0 saturated carbocycles.